The molecule has 0 atom stereocenters. The van der Waals surface area contributed by atoms with E-state index in [0.29, 0.717) is 0 Å². The molecular weight excluding hydrogens is 238 g/mol. The van der Waals surface area contributed by atoms with Crippen molar-refractivity contribution >= 4 is 17.8 Å². The van der Waals surface area contributed by atoms with Gasteiger partial charge in [-0.05, 0) is 12.1 Å². The smallest absolute Gasteiger partial charge is 0.331 e. The molecule has 0 heterocycles. The van der Waals surface area contributed by atoms with Gasteiger partial charge in [-0.1, -0.05) is 18.7 Å². The molecule has 0 aliphatic heterocycles. The summed E-state index contributed by atoms with van der Waals surface area (Å²) in [6, 6.07) is 5.69. The van der Waals surface area contributed by atoms with Gasteiger partial charge in [0.15, 0.2) is 0 Å². The zero-order valence-corrected chi connectivity index (χ0v) is 9.34. The first-order chi connectivity index (χ1) is 8.41. The summed E-state index contributed by atoms with van der Waals surface area (Å²) >= 11 is 0. The van der Waals surface area contributed by atoms with E-state index < -0.39 is 24.2 Å². The summed E-state index contributed by atoms with van der Waals surface area (Å²) in [5.74, 6) is -3.16. The van der Waals surface area contributed by atoms with Gasteiger partial charge in [-0.25, -0.2) is 4.79 Å². The highest BCUT2D eigenvalue weighted by molar-refractivity contribution is 6.07. The molecule has 0 spiro atoms. The van der Waals surface area contributed by atoms with Crippen LogP contribution in [-0.4, -0.2) is 28.0 Å². The number of carbonyl (C=O) groups is 3. The van der Waals surface area contributed by atoms with Crippen LogP contribution in [0.25, 0.3) is 0 Å². The number of para-hydroxylation sites is 1. The largest absolute Gasteiger partial charge is 0.507 e. The topological polar surface area (TPSA) is 104 Å². The number of hydrogen-bond acceptors (Lipinski definition) is 4. The van der Waals surface area contributed by atoms with Crippen LogP contribution in [0.1, 0.15) is 16.8 Å². The Morgan fingerprint density at radius 1 is 1.22 bits per heavy atom. The first-order valence-corrected chi connectivity index (χ1v) is 4.95. The third-order valence-electron chi connectivity index (χ3n) is 2.08. The third-order valence-corrected chi connectivity index (χ3v) is 2.08. The average molecular weight is 249 g/mol. The van der Waals surface area contributed by atoms with Crippen LogP contribution in [0.15, 0.2) is 36.4 Å². The Balaban J connectivity index is 2.66. The molecule has 0 aromatic heterocycles. The maximum atomic E-state index is 11.6. The lowest BCUT2D eigenvalue weighted by molar-refractivity contribution is -0.134. The molecule has 1 aromatic rings. The Hall–Kier alpha value is -2.63. The highest BCUT2D eigenvalue weighted by Crippen LogP contribution is 2.15. The molecular formula is C12H11NO5. The lowest BCUT2D eigenvalue weighted by Gasteiger charge is -2.05. The minimum Gasteiger partial charge on any atom is -0.507 e. The van der Waals surface area contributed by atoms with Crippen molar-refractivity contribution in [2.24, 2.45) is 0 Å². The first-order valence-electron chi connectivity index (χ1n) is 4.95. The molecule has 0 radical (unpaired) electrons. The molecule has 0 fully saturated rings. The molecule has 94 valence electrons. The Labute approximate surface area is 103 Å². The summed E-state index contributed by atoms with van der Waals surface area (Å²) in [5, 5.41) is 19.9. The third kappa shape index (κ3) is 3.44. The van der Waals surface area contributed by atoms with Crippen LogP contribution in [-0.2, 0) is 9.59 Å². The van der Waals surface area contributed by atoms with Gasteiger partial charge in [0, 0.05) is 5.57 Å². The fourth-order valence-corrected chi connectivity index (χ4v) is 1.17. The van der Waals surface area contributed by atoms with Gasteiger partial charge < -0.3 is 10.2 Å². The van der Waals surface area contributed by atoms with Crippen molar-refractivity contribution in [3.05, 3.63) is 42.0 Å². The maximum absolute atomic E-state index is 11.6. The van der Waals surface area contributed by atoms with Crippen molar-refractivity contribution in [1.82, 2.24) is 5.32 Å². The number of carboxylic acids is 1. The van der Waals surface area contributed by atoms with Crippen LogP contribution < -0.4 is 5.32 Å². The molecule has 6 heteroatoms. The molecule has 0 bridgehead atoms. The number of hydrogen-bond donors (Lipinski definition) is 3. The zero-order chi connectivity index (χ0) is 13.7. The highest BCUT2D eigenvalue weighted by Gasteiger charge is 2.16. The van der Waals surface area contributed by atoms with Crippen LogP contribution in [0, 0.1) is 0 Å². The van der Waals surface area contributed by atoms with Crippen molar-refractivity contribution in [1.29, 1.82) is 0 Å². The number of aliphatic carboxylic acids is 1. The van der Waals surface area contributed by atoms with Crippen LogP contribution >= 0.6 is 0 Å². The first kappa shape index (κ1) is 13.4. The van der Waals surface area contributed by atoms with E-state index in [0.717, 1.165) is 0 Å². The number of phenolic OH excluding ortho intramolecular Hbond substituents is 1. The summed E-state index contributed by atoms with van der Waals surface area (Å²) in [6.45, 7) is 3.17. The molecule has 0 aliphatic carbocycles. The predicted molar refractivity (Wildman–Crippen MR) is 62.0 cm³/mol. The van der Waals surface area contributed by atoms with Crippen LogP contribution in [0.4, 0.5) is 0 Å². The van der Waals surface area contributed by atoms with Crippen LogP contribution in [0.5, 0.6) is 5.75 Å². The van der Waals surface area contributed by atoms with Gasteiger partial charge in [0.2, 0.25) is 5.91 Å². The molecule has 0 saturated carbocycles. The summed E-state index contributed by atoms with van der Waals surface area (Å²) in [6.07, 6.45) is -0.491. The minimum absolute atomic E-state index is 0.0632. The lowest BCUT2D eigenvalue weighted by atomic mass is 10.1. The van der Waals surface area contributed by atoms with E-state index in [2.05, 4.69) is 6.58 Å². The van der Waals surface area contributed by atoms with E-state index in [1.54, 1.807) is 0 Å². The number of rotatable bonds is 4. The summed E-state index contributed by atoms with van der Waals surface area (Å²) in [7, 11) is 0. The van der Waals surface area contributed by atoms with Gasteiger partial charge in [0.05, 0.1) is 12.0 Å². The molecule has 2 amide bonds. The minimum atomic E-state index is -1.31. The highest BCUT2D eigenvalue weighted by atomic mass is 16.4. The lowest BCUT2D eigenvalue weighted by Crippen LogP contribution is -2.31. The molecule has 18 heavy (non-hydrogen) atoms. The fourth-order valence-electron chi connectivity index (χ4n) is 1.17. The number of carbonyl (C=O) groups excluding carboxylic acids is 2. The summed E-state index contributed by atoms with van der Waals surface area (Å²) < 4.78 is 0. The Bertz CT molecular complexity index is 521. The molecule has 0 aliphatic rings. The van der Waals surface area contributed by atoms with E-state index in [4.69, 9.17) is 5.11 Å². The molecule has 1 aromatic carbocycles. The normalized spacial score (nSPS) is 9.56. The molecule has 6 nitrogen and oxygen atoms in total. The second-order valence-corrected chi connectivity index (χ2v) is 3.48. The molecule has 0 saturated heterocycles. The van der Waals surface area contributed by atoms with Crippen molar-refractivity contribution in [3.8, 4) is 5.75 Å². The zero-order valence-electron chi connectivity index (χ0n) is 9.34. The number of aromatic hydroxyl groups is 1. The second kappa shape index (κ2) is 5.62. The van der Waals surface area contributed by atoms with Crippen molar-refractivity contribution in [2.75, 3.05) is 0 Å². The average Bonchev–Trinajstić information content (AvgIpc) is 2.28. The molecule has 3 N–H and O–H groups in total. The molecule has 1 rings (SSSR count). The van der Waals surface area contributed by atoms with E-state index in [9.17, 15) is 19.5 Å². The van der Waals surface area contributed by atoms with Gasteiger partial charge in [-0.2, -0.15) is 0 Å². The number of benzene rings is 1. The monoisotopic (exact) mass is 249 g/mol. The summed E-state index contributed by atoms with van der Waals surface area (Å²) in [4.78, 5) is 33.3. The Morgan fingerprint density at radius 3 is 2.39 bits per heavy atom. The fraction of sp³-hybridized carbons (Fsp3) is 0.0833. The van der Waals surface area contributed by atoms with Gasteiger partial charge >= 0.3 is 5.97 Å². The van der Waals surface area contributed by atoms with E-state index in [1.165, 1.54) is 24.3 Å². The van der Waals surface area contributed by atoms with Crippen molar-refractivity contribution in [2.45, 2.75) is 6.42 Å². The number of nitrogens with one attached hydrogen (secondary N) is 1. The predicted octanol–water partition coefficient (Wildman–Crippen LogP) is 0.679. The maximum Gasteiger partial charge on any atom is 0.331 e. The SMILES string of the molecule is C=C(CC(=O)NC(=O)c1ccccc1O)C(=O)O. The van der Waals surface area contributed by atoms with Crippen LogP contribution in [0.3, 0.4) is 0 Å². The second-order valence-electron chi connectivity index (χ2n) is 3.48. The van der Waals surface area contributed by atoms with Gasteiger partial charge in [0.1, 0.15) is 5.75 Å². The van der Waals surface area contributed by atoms with Gasteiger partial charge in [-0.15, -0.1) is 0 Å². The Morgan fingerprint density at radius 2 is 1.83 bits per heavy atom. The number of imide groups is 1. The van der Waals surface area contributed by atoms with E-state index in [1.807, 2.05) is 5.32 Å². The number of amides is 2. The van der Waals surface area contributed by atoms with Crippen molar-refractivity contribution in [3.63, 3.8) is 0 Å². The van der Waals surface area contributed by atoms with Gasteiger partial charge in [0.25, 0.3) is 5.91 Å². The quantitative estimate of drug-likeness (QED) is 0.681. The molecule has 0 unspecified atom stereocenters. The Kier molecular flexibility index (Phi) is 4.20. The van der Waals surface area contributed by atoms with Crippen LogP contribution in [0.2, 0.25) is 0 Å². The van der Waals surface area contributed by atoms with E-state index in [-0.39, 0.29) is 16.9 Å². The number of phenols is 1. The standard InChI is InChI=1S/C12H11NO5/c1-7(12(17)18)6-10(15)13-11(16)8-4-2-3-5-9(8)14/h2-5,14H,1,6H2,(H,17,18)(H,13,15,16). The van der Waals surface area contributed by atoms with E-state index >= 15 is 0 Å². The summed E-state index contributed by atoms with van der Waals surface area (Å²) in [5.41, 5.74) is -0.385. The van der Waals surface area contributed by atoms with Crippen molar-refractivity contribution < 1.29 is 24.6 Å². The number of carboxylic acid groups (broad SMARTS) is 1. The van der Waals surface area contributed by atoms with Gasteiger partial charge in [-0.3, -0.25) is 14.9 Å².